The van der Waals surface area contributed by atoms with Crippen LogP contribution in [0.15, 0.2) is 140 Å². The second-order valence-electron chi connectivity index (χ2n) is 11.5. The first kappa shape index (κ1) is 28.0. The van der Waals surface area contributed by atoms with Gasteiger partial charge < -0.3 is 0 Å². The molecule has 0 aliphatic rings. The van der Waals surface area contributed by atoms with Crippen LogP contribution in [0.1, 0.15) is 5.56 Å². The van der Waals surface area contributed by atoms with Gasteiger partial charge in [-0.15, -0.1) is 0 Å². The Kier molecular flexibility index (Phi) is 6.40. The zero-order valence-electron chi connectivity index (χ0n) is 24.2. The Morgan fingerprint density at radius 1 is 0.348 bits per heavy atom. The van der Waals surface area contributed by atoms with E-state index in [9.17, 15) is 13.2 Å². The highest BCUT2D eigenvalue weighted by Crippen LogP contribution is 2.46. The van der Waals surface area contributed by atoms with Gasteiger partial charge in [0, 0.05) is 0 Å². The highest BCUT2D eigenvalue weighted by atomic mass is 19.4. The minimum absolute atomic E-state index is 0.402. The third-order valence-electron chi connectivity index (χ3n) is 8.76. The van der Waals surface area contributed by atoms with Crippen molar-refractivity contribution in [2.45, 2.75) is 6.18 Å². The summed E-state index contributed by atoms with van der Waals surface area (Å²) < 4.78 is 71.3. The molecule has 0 aliphatic carbocycles. The molecule has 0 saturated carbocycles. The number of benzene rings is 8. The van der Waals surface area contributed by atoms with Gasteiger partial charge in [-0.25, -0.2) is 8.78 Å². The van der Waals surface area contributed by atoms with E-state index in [2.05, 4.69) is 0 Å². The van der Waals surface area contributed by atoms with Gasteiger partial charge in [0.05, 0.1) is 5.56 Å². The minimum Gasteiger partial charge on any atom is -0.204 e. The van der Waals surface area contributed by atoms with Crippen LogP contribution >= 0.6 is 0 Å². The molecule has 0 nitrogen and oxygen atoms in total. The molecule has 46 heavy (non-hydrogen) atoms. The second-order valence-corrected chi connectivity index (χ2v) is 11.5. The van der Waals surface area contributed by atoms with E-state index in [1.54, 1.807) is 12.1 Å². The minimum atomic E-state index is -4.50. The molecular weight excluding hydrogens is 587 g/mol. The molecule has 0 aromatic heterocycles. The third-order valence-corrected chi connectivity index (χ3v) is 8.76. The molecule has 5 heteroatoms. The van der Waals surface area contributed by atoms with E-state index in [0.717, 1.165) is 55.8 Å². The van der Waals surface area contributed by atoms with Crippen molar-refractivity contribution in [3.63, 3.8) is 0 Å². The van der Waals surface area contributed by atoms with E-state index < -0.39 is 23.4 Å². The fourth-order valence-electron chi connectivity index (χ4n) is 6.59. The van der Waals surface area contributed by atoms with E-state index in [0.29, 0.717) is 32.8 Å². The molecule has 0 fully saturated rings. The lowest BCUT2D eigenvalue weighted by Crippen LogP contribution is -2.04. The Hall–Kier alpha value is -5.55. The average Bonchev–Trinajstić information content (AvgIpc) is 3.07. The summed E-state index contributed by atoms with van der Waals surface area (Å²) in [5, 5.41) is 6.55. The monoisotopic (exact) mass is 610 g/mol. The molecule has 222 valence electrons. The molecular formula is C41H23F5. The van der Waals surface area contributed by atoms with Gasteiger partial charge >= 0.3 is 6.18 Å². The van der Waals surface area contributed by atoms with Crippen LogP contribution in [-0.2, 0) is 6.18 Å². The van der Waals surface area contributed by atoms with Gasteiger partial charge in [-0.2, -0.15) is 13.2 Å². The largest absolute Gasteiger partial charge is 0.416 e. The lowest BCUT2D eigenvalue weighted by atomic mass is 9.84. The number of rotatable bonds is 3. The molecule has 0 amide bonds. The van der Waals surface area contributed by atoms with E-state index >= 15 is 8.78 Å². The highest BCUT2D eigenvalue weighted by molar-refractivity contribution is 6.22. The predicted octanol–water partition coefficient (Wildman–Crippen LogP) is 12.6. The standard InChI is InChI=1S/C41H23F5/c42-37-22-35-36(23-38(37)43)40(31-15-13-25-7-2-4-9-27(25)19-31)34-21-29(28-10-5-11-32(20-28)41(44,45)46)16-17-33(34)39(35)30-14-12-24-6-1-3-8-26(24)18-30/h1-23H. The normalized spacial score (nSPS) is 12.0. The number of hydrogen-bond acceptors (Lipinski definition) is 0. The molecule has 0 N–H and O–H groups in total. The second kappa shape index (κ2) is 10.5. The van der Waals surface area contributed by atoms with Crippen molar-refractivity contribution >= 4 is 43.1 Å². The molecule has 8 aromatic rings. The van der Waals surface area contributed by atoms with Crippen molar-refractivity contribution in [3.8, 4) is 33.4 Å². The van der Waals surface area contributed by atoms with Crippen molar-refractivity contribution in [1.82, 2.24) is 0 Å². The quantitative estimate of drug-likeness (QED) is 0.138. The first-order valence-electron chi connectivity index (χ1n) is 14.8. The van der Waals surface area contributed by atoms with Gasteiger partial charge in [0.25, 0.3) is 0 Å². The van der Waals surface area contributed by atoms with Gasteiger partial charge in [-0.1, -0.05) is 97.1 Å². The van der Waals surface area contributed by atoms with E-state index in [1.165, 1.54) is 18.2 Å². The van der Waals surface area contributed by atoms with Crippen molar-refractivity contribution < 1.29 is 22.0 Å². The van der Waals surface area contributed by atoms with E-state index in [1.807, 2.05) is 97.1 Å². The van der Waals surface area contributed by atoms with Gasteiger partial charge in [-0.3, -0.25) is 0 Å². The summed E-state index contributed by atoms with van der Waals surface area (Å²) in [7, 11) is 0. The Balaban J connectivity index is 1.51. The molecule has 0 aliphatic heterocycles. The lowest BCUT2D eigenvalue weighted by Gasteiger charge is -2.20. The van der Waals surface area contributed by atoms with Gasteiger partial charge in [0.1, 0.15) is 0 Å². The average molecular weight is 611 g/mol. The van der Waals surface area contributed by atoms with Crippen molar-refractivity contribution in [2.75, 3.05) is 0 Å². The Bertz CT molecular complexity index is 2490. The van der Waals surface area contributed by atoms with Crippen molar-refractivity contribution in [1.29, 1.82) is 0 Å². The number of fused-ring (bicyclic) bond motifs is 4. The number of alkyl halides is 3. The van der Waals surface area contributed by atoms with Crippen LogP contribution in [-0.4, -0.2) is 0 Å². The Morgan fingerprint density at radius 2 is 0.826 bits per heavy atom. The first-order valence-corrected chi connectivity index (χ1v) is 14.8. The van der Waals surface area contributed by atoms with E-state index in [4.69, 9.17) is 0 Å². The van der Waals surface area contributed by atoms with Gasteiger partial charge in [-0.05, 0) is 119 Å². The maximum absolute atomic E-state index is 15.2. The zero-order chi connectivity index (χ0) is 31.6. The summed E-state index contributed by atoms with van der Waals surface area (Å²) in [6, 6.07) is 41.0. The summed E-state index contributed by atoms with van der Waals surface area (Å²) >= 11 is 0. The van der Waals surface area contributed by atoms with Crippen LogP contribution in [0, 0.1) is 11.6 Å². The fourth-order valence-corrected chi connectivity index (χ4v) is 6.59. The molecule has 0 unspecified atom stereocenters. The van der Waals surface area contributed by atoms with Crippen LogP contribution < -0.4 is 0 Å². The van der Waals surface area contributed by atoms with Crippen molar-refractivity contribution in [3.05, 3.63) is 157 Å². The van der Waals surface area contributed by atoms with Crippen LogP contribution in [0.3, 0.4) is 0 Å². The summed E-state index contributed by atoms with van der Waals surface area (Å²) in [4.78, 5) is 0. The molecule has 8 rings (SSSR count). The molecule has 8 aromatic carbocycles. The fraction of sp³-hybridized carbons (Fsp3) is 0.0244. The van der Waals surface area contributed by atoms with Crippen LogP contribution in [0.4, 0.5) is 22.0 Å². The molecule has 0 heterocycles. The van der Waals surface area contributed by atoms with Crippen LogP contribution in [0.5, 0.6) is 0 Å². The molecule has 0 radical (unpaired) electrons. The smallest absolute Gasteiger partial charge is 0.204 e. The maximum Gasteiger partial charge on any atom is 0.416 e. The summed E-state index contributed by atoms with van der Waals surface area (Å²) in [6.45, 7) is 0. The first-order chi connectivity index (χ1) is 22.2. The number of hydrogen-bond donors (Lipinski definition) is 0. The van der Waals surface area contributed by atoms with Crippen LogP contribution in [0.25, 0.3) is 76.5 Å². The van der Waals surface area contributed by atoms with Gasteiger partial charge in [0.15, 0.2) is 11.6 Å². The SMILES string of the molecule is Fc1cc2c(-c3ccc4ccccc4c3)c3ccc(-c4cccc(C(F)(F)F)c4)cc3c(-c3ccc4ccccc4c3)c2cc1F. The number of halogens is 5. The molecule has 0 bridgehead atoms. The highest BCUT2D eigenvalue weighted by Gasteiger charge is 2.30. The predicted molar refractivity (Wildman–Crippen MR) is 178 cm³/mol. The Labute approximate surface area is 261 Å². The van der Waals surface area contributed by atoms with E-state index in [-0.39, 0.29) is 0 Å². The van der Waals surface area contributed by atoms with Gasteiger partial charge in [0.2, 0.25) is 0 Å². The summed E-state index contributed by atoms with van der Waals surface area (Å²) in [5.74, 6) is -1.94. The van der Waals surface area contributed by atoms with Crippen molar-refractivity contribution in [2.24, 2.45) is 0 Å². The topological polar surface area (TPSA) is 0 Å². The lowest BCUT2D eigenvalue weighted by molar-refractivity contribution is -0.137. The molecule has 0 atom stereocenters. The Morgan fingerprint density at radius 3 is 1.39 bits per heavy atom. The zero-order valence-corrected chi connectivity index (χ0v) is 24.2. The maximum atomic E-state index is 15.2. The summed E-state index contributed by atoms with van der Waals surface area (Å²) in [6.07, 6.45) is -4.50. The van der Waals surface area contributed by atoms with Crippen LogP contribution in [0.2, 0.25) is 0 Å². The molecule has 0 saturated heterocycles. The third kappa shape index (κ3) is 4.67. The molecule has 0 spiro atoms. The summed E-state index contributed by atoms with van der Waals surface area (Å²) in [5.41, 5.74) is 3.23.